The van der Waals surface area contributed by atoms with Gasteiger partial charge in [-0.3, -0.25) is 14.5 Å². The Bertz CT molecular complexity index is 481. The van der Waals surface area contributed by atoms with Crippen molar-refractivity contribution in [3.63, 3.8) is 0 Å². The number of rotatable bonds is 5. The van der Waals surface area contributed by atoms with Crippen LogP contribution in [-0.4, -0.2) is 43.2 Å². The molecule has 1 aromatic rings. The minimum absolute atomic E-state index is 0.0902. The van der Waals surface area contributed by atoms with Crippen LogP contribution in [0.3, 0.4) is 0 Å². The highest BCUT2D eigenvalue weighted by molar-refractivity contribution is 5.97. The van der Waals surface area contributed by atoms with Crippen LogP contribution in [0.25, 0.3) is 0 Å². The van der Waals surface area contributed by atoms with E-state index in [4.69, 9.17) is 4.74 Å². The molecule has 0 aromatic heterocycles. The summed E-state index contributed by atoms with van der Waals surface area (Å²) in [6.07, 6.45) is 1.42. The quantitative estimate of drug-likeness (QED) is 0.773. The average molecular weight is 275 g/mol. The number of Topliss-reactive ketones (excluding diaryl/α,β-unsaturated/α-hetero) is 2. The molecule has 0 amide bonds. The molecule has 1 atom stereocenters. The summed E-state index contributed by atoms with van der Waals surface area (Å²) in [5.41, 5.74) is 0.691. The van der Waals surface area contributed by atoms with Crippen LogP contribution < -0.4 is 4.74 Å². The van der Waals surface area contributed by atoms with Crippen molar-refractivity contribution in [1.82, 2.24) is 4.90 Å². The van der Waals surface area contributed by atoms with Gasteiger partial charge in [0.15, 0.2) is 5.78 Å². The van der Waals surface area contributed by atoms with Crippen LogP contribution in [0.15, 0.2) is 24.3 Å². The molecule has 1 fully saturated rings. The van der Waals surface area contributed by atoms with Crippen LogP contribution in [0.1, 0.15) is 30.1 Å². The van der Waals surface area contributed by atoms with Gasteiger partial charge in [-0.05, 0) is 30.7 Å². The van der Waals surface area contributed by atoms with Gasteiger partial charge in [-0.2, -0.15) is 0 Å². The summed E-state index contributed by atoms with van der Waals surface area (Å²) in [5.74, 6) is 1.26. The third-order valence-corrected chi connectivity index (χ3v) is 3.88. The maximum atomic E-state index is 12.2. The minimum atomic E-state index is 0.0902. The number of nitrogens with zero attached hydrogens (tertiary/aromatic N) is 1. The van der Waals surface area contributed by atoms with Gasteiger partial charge in [-0.1, -0.05) is 6.92 Å². The molecule has 1 aliphatic heterocycles. The van der Waals surface area contributed by atoms with Crippen molar-refractivity contribution in [2.45, 2.75) is 19.8 Å². The first kappa shape index (κ1) is 14.7. The van der Waals surface area contributed by atoms with E-state index in [9.17, 15) is 9.59 Å². The second kappa shape index (κ2) is 6.66. The topological polar surface area (TPSA) is 46.6 Å². The molecular formula is C16H21NO3. The summed E-state index contributed by atoms with van der Waals surface area (Å²) in [7, 11) is 1.60. The first-order valence-electron chi connectivity index (χ1n) is 7.06. The fourth-order valence-electron chi connectivity index (χ4n) is 2.55. The number of hydrogen-bond donors (Lipinski definition) is 0. The van der Waals surface area contributed by atoms with Crippen molar-refractivity contribution in [1.29, 1.82) is 0 Å². The number of ether oxygens (including phenoxy) is 1. The Balaban J connectivity index is 1.95. The zero-order chi connectivity index (χ0) is 14.5. The Morgan fingerprint density at radius 2 is 2.05 bits per heavy atom. The van der Waals surface area contributed by atoms with Crippen LogP contribution in [0.4, 0.5) is 0 Å². The van der Waals surface area contributed by atoms with E-state index in [2.05, 4.69) is 4.90 Å². The Hall–Kier alpha value is -1.68. The third-order valence-electron chi connectivity index (χ3n) is 3.88. The van der Waals surface area contributed by atoms with Gasteiger partial charge in [-0.25, -0.2) is 0 Å². The molecule has 0 saturated carbocycles. The molecule has 1 aliphatic rings. The molecule has 0 radical (unpaired) electrons. The minimum Gasteiger partial charge on any atom is -0.497 e. The number of hydrogen-bond acceptors (Lipinski definition) is 4. The molecule has 1 saturated heterocycles. The van der Waals surface area contributed by atoms with E-state index in [1.54, 1.807) is 31.4 Å². The maximum absolute atomic E-state index is 12.2. The van der Waals surface area contributed by atoms with Gasteiger partial charge in [0, 0.05) is 31.0 Å². The van der Waals surface area contributed by atoms with E-state index in [-0.39, 0.29) is 11.7 Å². The average Bonchev–Trinajstić information content (AvgIpc) is 2.49. The van der Waals surface area contributed by atoms with Crippen LogP contribution >= 0.6 is 0 Å². The second-order valence-electron chi connectivity index (χ2n) is 5.21. The van der Waals surface area contributed by atoms with Gasteiger partial charge in [-0.15, -0.1) is 0 Å². The largest absolute Gasteiger partial charge is 0.497 e. The first-order valence-corrected chi connectivity index (χ1v) is 7.06. The summed E-state index contributed by atoms with van der Waals surface area (Å²) in [5, 5.41) is 0. The summed E-state index contributed by atoms with van der Waals surface area (Å²) >= 11 is 0. The highest BCUT2D eigenvalue weighted by Gasteiger charge is 2.26. The molecular weight excluding hydrogens is 254 g/mol. The number of carbonyl (C=O) groups is 2. The number of benzene rings is 1. The van der Waals surface area contributed by atoms with Gasteiger partial charge in [0.05, 0.1) is 13.7 Å². The standard InChI is InChI=1S/C16H21NO3/c1-3-12-10-17(9-8-15(12)18)11-16(19)13-4-6-14(20-2)7-5-13/h4-7,12H,3,8-11H2,1-2H3. The van der Waals surface area contributed by atoms with Crippen molar-refractivity contribution < 1.29 is 14.3 Å². The van der Waals surface area contributed by atoms with Gasteiger partial charge >= 0.3 is 0 Å². The van der Waals surface area contributed by atoms with Crippen molar-refractivity contribution in [3.05, 3.63) is 29.8 Å². The molecule has 108 valence electrons. The zero-order valence-electron chi connectivity index (χ0n) is 12.1. The van der Waals surface area contributed by atoms with Crippen LogP contribution in [0.5, 0.6) is 5.75 Å². The van der Waals surface area contributed by atoms with Gasteiger partial charge in [0.2, 0.25) is 0 Å². The van der Waals surface area contributed by atoms with E-state index in [1.165, 1.54) is 0 Å². The molecule has 0 bridgehead atoms. The zero-order valence-corrected chi connectivity index (χ0v) is 12.1. The maximum Gasteiger partial charge on any atom is 0.176 e. The lowest BCUT2D eigenvalue weighted by Crippen LogP contribution is -2.42. The predicted molar refractivity (Wildman–Crippen MR) is 77.2 cm³/mol. The summed E-state index contributed by atoms with van der Waals surface area (Å²) in [6, 6.07) is 7.16. The van der Waals surface area contributed by atoms with Crippen molar-refractivity contribution >= 4 is 11.6 Å². The molecule has 4 heteroatoms. The second-order valence-corrected chi connectivity index (χ2v) is 5.21. The summed E-state index contributed by atoms with van der Waals surface area (Å²) in [4.78, 5) is 26.0. The van der Waals surface area contributed by atoms with Crippen molar-refractivity contribution in [3.8, 4) is 5.75 Å². The van der Waals surface area contributed by atoms with E-state index >= 15 is 0 Å². The molecule has 4 nitrogen and oxygen atoms in total. The van der Waals surface area contributed by atoms with Crippen LogP contribution in [0, 0.1) is 5.92 Å². The van der Waals surface area contributed by atoms with E-state index in [0.29, 0.717) is 37.4 Å². The number of ketones is 2. The fourth-order valence-corrected chi connectivity index (χ4v) is 2.55. The Labute approximate surface area is 119 Å². The monoisotopic (exact) mass is 275 g/mol. The molecule has 20 heavy (non-hydrogen) atoms. The van der Waals surface area contributed by atoms with Crippen molar-refractivity contribution in [2.24, 2.45) is 5.92 Å². The Morgan fingerprint density at radius 1 is 1.35 bits per heavy atom. The molecule has 1 aromatic carbocycles. The first-order chi connectivity index (χ1) is 9.63. The highest BCUT2D eigenvalue weighted by Crippen LogP contribution is 2.17. The number of methoxy groups -OCH3 is 1. The lowest BCUT2D eigenvalue weighted by atomic mass is 9.94. The molecule has 1 unspecified atom stereocenters. The third kappa shape index (κ3) is 3.45. The fraction of sp³-hybridized carbons (Fsp3) is 0.500. The SMILES string of the molecule is CCC1CN(CC(=O)c2ccc(OC)cc2)CCC1=O. The van der Waals surface area contributed by atoms with Crippen LogP contribution in [0.2, 0.25) is 0 Å². The number of carbonyl (C=O) groups excluding carboxylic acids is 2. The summed E-state index contributed by atoms with van der Waals surface area (Å²) in [6.45, 7) is 3.81. The lowest BCUT2D eigenvalue weighted by Gasteiger charge is -2.30. The normalized spacial score (nSPS) is 19.9. The molecule has 0 spiro atoms. The smallest absolute Gasteiger partial charge is 0.176 e. The Morgan fingerprint density at radius 3 is 2.65 bits per heavy atom. The molecule has 0 aliphatic carbocycles. The van der Waals surface area contributed by atoms with E-state index in [0.717, 1.165) is 12.2 Å². The predicted octanol–water partition coefficient (Wildman–Crippen LogP) is 2.18. The van der Waals surface area contributed by atoms with Gasteiger partial charge in [0.25, 0.3) is 0 Å². The van der Waals surface area contributed by atoms with Crippen LogP contribution in [-0.2, 0) is 4.79 Å². The number of piperidine rings is 1. The molecule has 2 rings (SSSR count). The van der Waals surface area contributed by atoms with Gasteiger partial charge < -0.3 is 4.74 Å². The Kier molecular flexibility index (Phi) is 4.90. The van der Waals surface area contributed by atoms with E-state index in [1.807, 2.05) is 6.92 Å². The summed E-state index contributed by atoms with van der Waals surface area (Å²) < 4.78 is 5.08. The highest BCUT2D eigenvalue weighted by atomic mass is 16.5. The lowest BCUT2D eigenvalue weighted by molar-refractivity contribution is -0.126. The van der Waals surface area contributed by atoms with Crippen molar-refractivity contribution in [2.75, 3.05) is 26.7 Å². The molecule has 0 N–H and O–H groups in total. The number of likely N-dealkylation sites (tertiary alicyclic amines) is 1. The van der Waals surface area contributed by atoms with E-state index < -0.39 is 0 Å². The molecule has 1 heterocycles. The van der Waals surface area contributed by atoms with Gasteiger partial charge in [0.1, 0.15) is 11.5 Å².